The number of rotatable bonds is 4. The van der Waals surface area contributed by atoms with E-state index in [0.29, 0.717) is 26.2 Å². The molecular weight excluding hydrogens is 452 g/mol. The first-order valence-corrected chi connectivity index (χ1v) is 12.0. The first-order valence-electron chi connectivity index (χ1n) is 11.6. The molecule has 0 spiro atoms. The number of fused-ring (bicyclic) bond motifs is 1. The quantitative estimate of drug-likeness (QED) is 0.591. The van der Waals surface area contributed by atoms with Crippen LogP contribution in [0.2, 0.25) is 5.28 Å². The smallest absolute Gasteiger partial charge is 0.410 e. The fourth-order valence-corrected chi connectivity index (χ4v) is 4.86. The molecule has 1 fully saturated rings. The van der Waals surface area contributed by atoms with Gasteiger partial charge < -0.3 is 14.5 Å². The van der Waals surface area contributed by atoms with Gasteiger partial charge in [0.25, 0.3) is 0 Å². The first-order chi connectivity index (χ1) is 16.2. The van der Waals surface area contributed by atoms with Gasteiger partial charge in [0.05, 0.1) is 24.2 Å². The van der Waals surface area contributed by atoms with Crippen molar-refractivity contribution in [3.05, 3.63) is 52.4 Å². The summed E-state index contributed by atoms with van der Waals surface area (Å²) in [6.07, 6.45) is -0.173. The summed E-state index contributed by atoms with van der Waals surface area (Å²) < 4.78 is 5.58. The molecule has 1 unspecified atom stereocenters. The van der Waals surface area contributed by atoms with Crippen molar-refractivity contribution in [2.75, 3.05) is 24.5 Å². The number of carbonyl (C=O) groups is 1. The first kappa shape index (κ1) is 24.2. The molecule has 0 bridgehead atoms. The van der Waals surface area contributed by atoms with Crippen molar-refractivity contribution in [3.8, 4) is 6.07 Å². The molecule has 2 atom stereocenters. The Balaban J connectivity index is 1.57. The minimum atomic E-state index is -0.593. The maximum Gasteiger partial charge on any atom is 0.410 e. The second-order valence-corrected chi connectivity index (χ2v) is 10.2. The van der Waals surface area contributed by atoms with Gasteiger partial charge >= 0.3 is 6.09 Å². The largest absolute Gasteiger partial charge is 0.444 e. The molecule has 2 aliphatic heterocycles. The van der Waals surface area contributed by atoms with Gasteiger partial charge in [0.1, 0.15) is 11.4 Å². The lowest BCUT2D eigenvalue weighted by Gasteiger charge is -2.42. The zero-order valence-electron chi connectivity index (χ0n) is 20.2. The average molecular weight is 483 g/mol. The van der Waals surface area contributed by atoms with Crippen LogP contribution in [0.1, 0.15) is 57.0 Å². The van der Waals surface area contributed by atoms with Gasteiger partial charge in [-0.25, -0.2) is 14.8 Å². The van der Waals surface area contributed by atoms with E-state index in [-0.39, 0.29) is 29.9 Å². The van der Waals surface area contributed by atoms with Gasteiger partial charge in [0.15, 0.2) is 0 Å². The number of benzene rings is 1. The van der Waals surface area contributed by atoms with Crippen LogP contribution in [0.25, 0.3) is 0 Å². The van der Waals surface area contributed by atoms with Crippen LogP contribution in [0.15, 0.2) is 30.3 Å². The van der Waals surface area contributed by atoms with Gasteiger partial charge in [-0.3, -0.25) is 4.90 Å². The van der Waals surface area contributed by atoms with Crippen LogP contribution >= 0.6 is 11.6 Å². The molecule has 0 aliphatic carbocycles. The lowest BCUT2D eigenvalue weighted by Crippen LogP contribution is -2.56. The minimum absolute atomic E-state index is 0.112. The summed E-state index contributed by atoms with van der Waals surface area (Å²) in [6, 6.07) is 12.4. The maximum atomic E-state index is 12.8. The summed E-state index contributed by atoms with van der Waals surface area (Å²) >= 11 is 6.35. The number of nitrogens with zero attached hydrogens (tertiary/aromatic N) is 6. The Labute approximate surface area is 206 Å². The Morgan fingerprint density at radius 3 is 2.65 bits per heavy atom. The number of piperazine rings is 1. The second-order valence-electron chi connectivity index (χ2n) is 9.88. The number of hydrogen-bond acceptors (Lipinski definition) is 7. The summed E-state index contributed by atoms with van der Waals surface area (Å²) in [5.74, 6) is 0.796. The van der Waals surface area contributed by atoms with Crippen molar-refractivity contribution in [2.45, 2.75) is 64.9 Å². The van der Waals surface area contributed by atoms with Gasteiger partial charge in [-0.15, -0.1) is 0 Å². The third-order valence-corrected chi connectivity index (χ3v) is 6.43. The molecule has 1 aromatic heterocycles. The number of anilines is 1. The second kappa shape index (κ2) is 9.77. The predicted octanol–water partition coefficient (Wildman–Crippen LogP) is 4.55. The number of ether oxygens (including phenoxy) is 1. The molecule has 0 saturated carbocycles. The number of halogens is 1. The molecule has 4 rings (SSSR count). The third kappa shape index (κ3) is 5.26. The van der Waals surface area contributed by atoms with Crippen LogP contribution in [0.4, 0.5) is 10.6 Å². The van der Waals surface area contributed by atoms with E-state index in [1.165, 1.54) is 5.56 Å². The van der Waals surface area contributed by atoms with Crippen LogP contribution in [-0.2, 0) is 17.8 Å². The molecular formula is C25H31ClN6O2. The van der Waals surface area contributed by atoms with Crippen LogP contribution < -0.4 is 4.90 Å². The molecule has 8 nitrogen and oxygen atoms in total. The summed E-state index contributed by atoms with van der Waals surface area (Å²) in [4.78, 5) is 28.1. The topological polar surface area (TPSA) is 85.6 Å². The van der Waals surface area contributed by atoms with Crippen LogP contribution in [-0.4, -0.2) is 57.1 Å². The van der Waals surface area contributed by atoms with Crippen molar-refractivity contribution >= 4 is 23.5 Å². The van der Waals surface area contributed by atoms with E-state index < -0.39 is 5.60 Å². The number of amides is 1. The highest BCUT2D eigenvalue weighted by Gasteiger charge is 2.38. The van der Waals surface area contributed by atoms with E-state index in [2.05, 4.69) is 44.9 Å². The van der Waals surface area contributed by atoms with Crippen LogP contribution in [0.5, 0.6) is 0 Å². The highest BCUT2D eigenvalue weighted by atomic mass is 35.5. The SMILES string of the molecule is CC1c2c(nc(Cl)nc2N2CCN(C(=O)OC(C)(C)C)[C@@H](CC#N)C2)CN1Cc1ccccc1. The predicted molar refractivity (Wildman–Crippen MR) is 130 cm³/mol. The molecule has 0 N–H and O–H groups in total. The lowest BCUT2D eigenvalue weighted by molar-refractivity contribution is 0.0144. The van der Waals surface area contributed by atoms with Crippen molar-refractivity contribution in [3.63, 3.8) is 0 Å². The molecule has 2 aromatic rings. The van der Waals surface area contributed by atoms with Gasteiger partial charge in [0, 0.05) is 44.3 Å². The van der Waals surface area contributed by atoms with E-state index in [9.17, 15) is 10.1 Å². The highest BCUT2D eigenvalue weighted by Crippen LogP contribution is 2.40. The van der Waals surface area contributed by atoms with Crippen LogP contribution in [0.3, 0.4) is 0 Å². The van der Waals surface area contributed by atoms with Crippen molar-refractivity contribution in [1.29, 1.82) is 5.26 Å². The zero-order chi connectivity index (χ0) is 24.5. The van der Waals surface area contributed by atoms with Crippen molar-refractivity contribution < 1.29 is 9.53 Å². The molecule has 3 heterocycles. The molecule has 2 aliphatic rings. The molecule has 1 amide bonds. The molecule has 0 radical (unpaired) electrons. The number of carbonyl (C=O) groups excluding carboxylic acids is 1. The van der Waals surface area contributed by atoms with Gasteiger partial charge in [0.2, 0.25) is 5.28 Å². The maximum absolute atomic E-state index is 12.8. The Morgan fingerprint density at radius 2 is 1.97 bits per heavy atom. The monoisotopic (exact) mass is 482 g/mol. The summed E-state index contributed by atoms with van der Waals surface area (Å²) in [5, 5.41) is 9.64. The Morgan fingerprint density at radius 1 is 1.24 bits per heavy atom. The Kier molecular flexibility index (Phi) is 6.96. The van der Waals surface area contributed by atoms with Crippen molar-refractivity contribution in [1.82, 2.24) is 19.8 Å². The van der Waals surface area contributed by atoms with E-state index in [0.717, 1.165) is 23.6 Å². The van der Waals surface area contributed by atoms with E-state index in [1.807, 2.05) is 39.0 Å². The standard InChI is InChI=1S/C25H31ClN6O2/c1-17-21-20(16-31(17)14-18-8-6-5-7-9-18)28-23(26)29-22(21)30-12-13-32(19(15-30)10-11-27)24(33)34-25(2,3)4/h5-9,17,19H,10,12-16H2,1-4H3/t17?,19-/m0/s1. The van der Waals surface area contributed by atoms with E-state index >= 15 is 0 Å². The molecule has 1 saturated heterocycles. The Bertz CT molecular complexity index is 1080. The Hall–Kier alpha value is -2.89. The molecule has 9 heteroatoms. The van der Waals surface area contributed by atoms with E-state index in [1.54, 1.807) is 4.90 Å². The summed E-state index contributed by atoms with van der Waals surface area (Å²) in [5.41, 5.74) is 2.65. The average Bonchev–Trinajstić information content (AvgIpc) is 3.07. The minimum Gasteiger partial charge on any atom is -0.444 e. The molecule has 34 heavy (non-hydrogen) atoms. The summed E-state index contributed by atoms with van der Waals surface area (Å²) in [7, 11) is 0. The van der Waals surface area contributed by atoms with Gasteiger partial charge in [-0.1, -0.05) is 30.3 Å². The highest BCUT2D eigenvalue weighted by molar-refractivity contribution is 6.28. The van der Waals surface area contributed by atoms with Gasteiger partial charge in [-0.2, -0.15) is 5.26 Å². The van der Waals surface area contributed by atoms with E-state index in [4.69, 9.17) is 16.3 Å². The normalized spacial score (nSPS) is 20.7. The van der Waals surface area contributed by atoms with Crippen molar-refractivity contribution in [2.24, 2.45) is 0 Å². The molecule has 1 aromatic carbocycles. The number of nitriles is 1. The third-order valence-electron chi connectivity index (χ3n) is 6.26. The van der Waals surface area contributed by atoms with Crippen LogP contribution in [0, 0.1) is 11.3 Å². The number of hydrogen-bond donors (Lipinski definition) is 0. The fraction of sp³-hybridized carbons (Fsp3) is 0.520. The van der Waals surface area contributed by atoms with Gasteiger partial charge in [-0.05, 0) is 44.9 Å². The zero-order valence-corrected chi connectivity index (χ0v) is 20.9. The summed E-state index contributed by atoms with van der Waals surface area (Å²) in [6.45, 7) is 10.7. The number of aromatic nitrogens is 2. The lowest BCUT2D eigenvalue weighted by atomic mass is 10.1. The molecule has 180 valence electrons. The fourth-order valence-electron chi connectivity index (χ4n) is 4.67.